The third-order valence-corrected chi connectivity index (χ3v) is 4.89. The summed E-state index contributed by atoms with van der Waals surface area (Å²) in [4.78, 5) is 7.84. The molecule has 4 nitrogen and oxygen atoms in total. The van der Waals surface area contributed by atoms with E-state index in [9.17, 15) is 0 Å². The molecule has 2 heterocycles. The van der Waals surface area contributed by atoms with Crippen LogP contribution in [-0.4, -0.2) is 23.6 Å². The highest BCUT2D eigenvalue weighted by Crippen LogP contribution is 2.36. The molecular formula is C18H19BrClN3O. The van der Waals surface area contributed by atoms with Crippen molar-refractivity contribution >= 4 is 38.4 Å². The Kier molecular flexibility index (Phi) is 5.43. The zero-order valence-corrected chi connectivity index (χ0v) is 15.7. The number of benzene rings is 1. The van der Waals surface area contributed by atoms with Gasteiger partial charge in [-0.05, 0) is 65.5 Å². The van der Waals surface area contributed by atoms with Gasteiger partial charge in [0, 0.05) is 32.7 Å². The Balaban J connectivity index is 2.13. The van der Waals surface area contributed by atoms with Crippen LogP contribution in [0.5, 0.6) is 5.88 Å². The van der Waals surface area contributed by atoms with Crippen molar-refractivity contribution in [1.82, 2.24) is 9.97 Å². The SMILES string of the molecule is COc1ccc(-c2[nH]c3c(Br)cc(Cl)cc3c2CCCCN)cn1. The van der Waals surface area contributed by atoms with E-state index in [0.717, 1.165) is 45.9 Å². The number of halogens is 2. The van der Waals surface area contributed by atoms with Gasteiger partial charge in [-0.3, -0.25) is 0 Å². The lowest BCUT2D eigenvalue weighted by Gasteiger charge is -2.06. The molecule has 0 aliphatic rings. The van der Waals surface area contributed by atoms with Crippen LogP contribution in [-0.2, 0) is 6.42 Å². The molecule has 0 atom stereocenters. The Morgan fingerprint density at radius 3 is 2.79 bits per heavy atom. The van der Waals surface area contributed by atoms with Gasteiger partial charge in [0.1, 0.15) is 0 Å². The molecule has 3 aromatic rings. The van der Waals surface area contributed by atoms with Crippen LogP contribution < -0.4 is 10.5 Å². The molecule has 126 valence electrons. The van der Waals surface area contributed by atoms with Crippen molar-refractivity contribution in [3.8, 4) is 17.1 Å². The summed E-state index contributed by atoms with van der Waals surface area (Å²) in [5, 5.41) is 1.85. The number of aromatic amines is 1. The maximum atomic E-state index is 6.26. The van der Waals surface area contributed by atoms with Crippen molar-refractivity contribution in [2.45, 2.75) is 19.3 Å². The lowest BCUT2D eigenvalue weighted by Crippen LogP contribution is -1.99. The highest BCUT2D eigenvalue weighted by molar-refractivity contribution is 9.10. The maximum Gasteiger partial charge on any atom is 0.212 e. The second-order valence-corrected chi connectivity index (χ2v) is 6.91. The van der Waals surface area contributed by atoms with Crippen molar-refractivity contribution < 1.29 is 4.74 Å². The number of aryl methyl sites for hydroxylation is 1. The largest absolute Gasteiger partial charge is 0.481 e. The molecule has 0 bridgehead atoms. The lowest BCUT2D eigenvalue weighted by molar-refractivity contribution is 0.398. The lowest BCUT2D eigenvalue weighted by atomic mass is 10.0. The molecule has 0 fully saturated rings. The fourth-order valence-electron chi connectivity index (χ4n) is 2.87. The van der Waals surface area contributed by atoms with Gasteiger partial charge in [-0.2, -0.15) is 0 Å². The van der Waals surface area contributed by atoms with Crippen LogP contribution in [0.1, 0.15) is 18.4 Å². The molecule has 0 amide bonds. The van der Waals surface area contributed by atoms with Gasteiger partial charge in [-0.1, -0.05) is 11.6 Å². The zero-order valence-electron chi connectivity index (χ0n) is 13.4. The van der Waals surface area contributed by atoms with Gasteiger partial charge in [0.15, 0.2) is 0 Å². The molecule has 0 unspecified atom stereocenters. The molecule has 0 aliphatic heterocycles. The predicted octanol–water partition coefficient (Wildman–Crippen LogP) is 4.94. The number of ether oxygens (including phenoxy) is 1. The van der Waals surface area contributed by atoms with Gasteiger partial charge >= 0.3 is 0 Å². The van der Waals surface area contributed by atoms with E-state index in [4.69, 9.17) is 22.1 Å². The summed E-state index contributed by atoms with van der Waals surface area (Å²) < 4.78 is 6.10. The summed E-state index contributed by atoms with van der Waals surface area (Å²) in [6, 6.07) is 7.79. The van der Waals surface area contributed by atoms with Crippen LogP contribution in [0.3, 0.4) is 0 Å². The molecule has 0 aliphatic carbocycles. The number of hydrogen-bond acceptors (Lipinski definition) is 3. The minimum absolute atomic E-state index is 0.601. The number of nitrogens with one attached hydrogen (secondary N) is 1. The second kappa shape index (κ2) is 7.55. The molecule has 0 spiro atoms. The number of hydrogen-bond donors (Lipinski definition) is 2. The number of rotatable bonds is 6. The van der Waals surface area contributed by atoms with Crippen molar-refractivity contribution in [2.24, 2.45) is 5.73 Å². The van der Waals surface area contributed by atoms with Crippen LogP contribution in [0.4, 0.5) is 0 Å². The predicted molar refractivity (Wildman–Crippen MR) is 103 cm³/mol. The van der Waals surface area contributed by atoms with E-state index in [0.29, 0.717) is 17.4 Å². The average molecular weight is 409 g/mol. The number of pyridine rings is 1. The maximum absolute atomic E-state index is 6.26. The highest BCUT2D eigenvalue weighted by Gasteiger charge is 2.16. The minimum atomic E-state index is 0.601. The Morgan fingerprint density at radius 1 is 1.29 bits per heavy atom. The standard InChI is InChI=1S/C18H19BrClN3O/c1-24-16-6-5-11(10-22-16)17-13(4-2-3-7-21)14-8-12(20)9-15(19)18(14)23-17/h5-6,8-10,23H,2-4,7,21H2,1H3. The Hall–Kier alpha value is -1.56. The van der Waals surface area contributed by atoms with Gasteiger partial charge < -0.3 is 15.5 Å². The summed E-state index contributed by atoms with van der Waals surface area (Å²) in [7, 11) is 1.61. The zero-order chi connectivity index (χ0) is 17.1. The average Bonchev–Trinajstić information content (AvgIpc) is 2.94. The Bertz CT molecular complexity index is 846. The van der Waals surface area contributed by atoms with Crippen LogP contribution in [0.25, 0.3) is 22.2 Å². The van der Waals surface area contributed by atoms with E-state index in [-0.39, 0.29) is 0 Å². The third kappa shape index (κ3) is 3.43. The quantitative estimate of drug-likeness (QED) is 0.568. The summed E-state index contributed by atoms with van der Waals surface area (Å²) in [5.74, 6) is 0.601. The topological polar surface area (TPSA) is 63.9 Å². The summed E-state index contributed by atoms with van der Waals surface area (Å²) in [6.45, 7) is 0.701. The number of nitrogens with zero attached hydrogens (tertiary/aromatic N) is 1. The summed E-state index contributed by atoms with van der Waals surface area (Å²) in [5.41, 5.74) is 10.0. The van der Waals surface area contributed by atoms with Crippen LogP contribution in [0.2, 0.25) is 5.02 Å². The first kappa shape index (κ1) is 17.3. The molecule has 0 radical (unpaired) electrons. The summed E-state index contributed by atoms with van der Waals surface area (Å²) in [6.07, 6.45) is 4.79. The van der Waals surface area contributed by atoms with Gasteiger partial charge in [-0.15, -0.1) is 0 Å². The third-order valence-electron chi connectivity index (χ3n) is 4.05. The summed E-state index contributed by atoms with van der Waals surface area (Å²) >= 11 is 9.86. The van der Waals surface area contributed by atoms with Gasteiger partial charge in [0.2, 0.25) is 5.88 Å². The van der Waals surface area contributed by atoms with E-state index in [2.05, 4.69) is 25.9 Å². The van der Waals surface area contributed by atoms with E-state index in [1.165, 1.54) is 5.56 Å². The van der Waals surface area contributed by atoms with E-state index < -0.39 is 0 Å². The Labute approximate surface area is 154 Å². The fraction of sp³-hybridized carbons (Fsp3) is 0.278. The second-order valence-electron chi connectivity index (χ2n) is 5.62. The molecule has 24 heavy (non-hydrogen) atoms. The van der Waals surface area contributed by atoms with Crippen molar-refractivity contribution in [3.63, 3.8) is 0 Å². The van der Waals surface area contributed by atoms with Crippen molar-refractivity contribution in [2.75, 3.05) is 13.7 Å². The van der Waals surface area contributed by atoms with Crippen LogP contribution in [0, 0.1) is 0 Å². The number of aromatic nitrogens is 2. The molecule has 2 aromatic heterocycles. The van der Waals surface area contributed by atoms with Gasteiger partial charge in [0.25, 0.3) is 0 Å². The first-order valence-electron chi connectivity index (χ1n) is 7.84. The van der Waals surface area contributed by atoms with Crippen molar-refractivity contribution in [3.05, 3.63) is 45.5 Å². The fourth-order valence-corrected chi connectivity index (χ4v) is 3.78. The van der Waals surface area contributed by atoms with Gasteiger partial charge in [-0.25, -0.2) is 4.98 Å². The van der Waals surface area contributed by atoms with E-state index >= 15 is 0 Å². The highest BCUT2D eigenvalue weighted by atomic mass is 79.9. The first-order chi connectivity index (χ1) is 11.6. The number of nitrogens with two attached hydrogens (primary N) is 1. The number of unbranched alkanes of at least 4 members (excludes halogenated alkanes) is 1. The van der Waals surface area contributed by atoms with Crippen LogP contribution in [0.15, 0.2) is 34.9 Å². The molecule has 0 saturated carbocycles. The molecular weight excluding hydrogens is 390 g/mol. The molecule has 3 rings (SSSR count). The molecule has 6 heteroatoms. The van der Waals surface area contributed by atoms with E-state index in [1.807, 2.05) is 30.5 Å². The minimum Gasteiger partial charge on any atom is -0.481 e. The Morgan fingerprint density at radius 2 is 2.12 bits per heavy atom. The molecule has 3 N–H and O–H groups in total. The monoisotopic (exact) mass is 407 g/mol. The van der Waals surface area contributed by atoms with Crippen molar-refractivity contribution in [1.29, 1.82) is 0 Å². The number of H-pyrrole nitrogens is 1. The smallest absolute Gasteiger partial charge is 0.212 e. The number of methoxy groups -OCH3 is 1. The first-order valence-corrected chi connectivity index (χ1v) is 9.01. The van der Waals surface area contributed by atoms with Crippen LogP contribution >= 0.6 is 27.5 Å². The van der Waals surface area contributed by atoms with Gasteiger partial charge in [0.05, 0.1) is 18.3 Å². The molecule has 0 saturated heterocycles. The number of fused-ring (bicyclic) bond motifs is 1. The molecule has 1 aromatic carbocycles. The van der Waals surface area contributed by atoms with E-state index in [1.54, 1.807) is 7.11 Å². The normalized spacial score (nSPS) is 11.2.